The summed E-state index contributed by atoms with van der Waals surface area (Å²) in [5, 5.41) is 68.4. The number of hydrogen-bond acceptors (Lipinski definition) is 20. The maximum atomic E-state index is 12.7. The third kappa shape index (κ3) is 74.8. The molecule has 0 spiro atoms. The zero-order chi connectivity index (χ0) is 70.0. The van der Waals surface area contributed by atoms with Crippen LogP contribution in [0.5, 0.6) is 0 Å². The predicted molar refractivity (Wildman–Crippen MR) is 398 cm³/mol. The van der Waals surface area contributed by atoms with Gasteiger partial charge in [-0.3, -0.25) is 52.7 Å². The molecule has 0 aromatic carbocycles. The number of aliphatic hydroxyl groups is 1. The number of nitrogens with one attached hydrogen (secondary N) is 5. The molecule has 0 aliphatic carbocycles. The number of carboxylic acid groups (broad SMARTS) is 5. The first-order valence-corrected chi connectivity index (χ1v) is 33.8. The van der Waals surface area contributed by atoms with Crippen LogP contribution in [0.15, 0.2) is 0 Å². The highest BCUT2D eigenvalue weighted by molar-refractivity contribution is 7.99. The quantitative estimate of drug-likeness (QED) is 0.0252. The Kier molecular flexibility index (Phi) is 89.6. The van der Waals surface area contributed by atoms with E-state index < -0.39 is 109 Å². The molecule has 29 nitrogen and oxygen atoms in total. The van der Waals surface area contributed by atoms with Crippen LogP contribution in [0.3, 0.4) is 0 Å². The second kappa shape index (κ2) is 78.0. The van der Waals surface area contributed by atoms with Crippen molar-refractivity contribution in [3.05, 3.63) is 0 Å². The maximum absolute atomic E-state index is 12.7. The van der Waals surface area contributed by atoms with Gasteiger partial charge in [0, 0.05) is 69.8 Å². The number of carbonyl (C=O) groups excluding carboxylic acids is 8. The lowest BCUT2D eigenvalue weighted by molar-refractivity contribution is -0.145. The molecule has 600 valence electrons. The number of hydrogen-bond donors (Lipinski definition) is 12. The molecule has 0 rings (SSSR count). The number of ether oxygens (including phenoxy) is 4. The summed E-state index contributed by atoms with van der Waals surface area (Å²) in [6.45, 7) is 4.45. The van der Waals surface area contributed by atoms with E-state index in [4.69, 9.17) is 40.0 Å². The molecular weight excluding hydrogens is 1340 g/mol. The third-order valence-electron chi connectivity index (χ3n) is 14.5. The monoisotopic (exact) mass is 1480 g/mol. The number of amides is 5. The Hall–Kier alpha value is -6.18. The third-order valence-corrected chi connectivity index (χ3v) is 15.7. The summed E-state index contributed by atoms with van der Waals surface area (Å²) in [5.41, 5.74) is 5.09. The summed E-state index contributed by atoms with van der Waals surface area (Å²) in [6.07, 6.45) is 17.0. The van der Waals surface area contributed by atoms with E-state index in [1.54, 1.807) is 13.8 Å². The Labute approximate surface area is 610 Å². The molecule has 101 heavy (non-hydrogen) atoms. The van der Waals surface area contributed by atoms with E-state index in [9.17, 15) is 77.6 Å². The van der Waals surface area contributed by atoms with Gasteiger partial charge in [0.1, 0.15) is 42.6 Å². The molecule has 1 unspecified atom stereocenters. The number of rotatable bonds is 63. The van der Waals surface area contributed by atoms with E-state index in [2.05, 4.69) is 26.6 Å². The predicted octanol–water partition coefficient (Wildman–Crippen LogP) is 9.07. The largest absolute Gasteiger partial charge is 0.481 e. The molecule has 13 N–H and O–H groups in total. The molecule has 0 bridgehead atoms. The van der Waals surface area contributed by atoms with Crippen LogP contribution in [0.2, 0.25) is 0 Å². The number of unbranched alkanes of at least 4 members (excludes halogenated alkanes) is 16. The zero-order valence-corrected chi connectivity index (χ0v) is 55.9. The number of aliphatic carboxylic acids is 5. The Bertz CT molecular complexity index is 2180. The van der Waals surface area contributed by atoms with E-state index in [1.807, 2.05) is 0 Å². The molecule has 0 fully saturated rings. The summed E-state index contributed by atoms with van der Waals surface area (Å²) in [4.78, 5) is 153. The van der Waals surface area contributed by atoms with Gasteiger partial charge in [0.15, 0.2) is 0 Å². The summed E-state index contributed by atoms with van der Waals surface area (Å²) in [5.74, 6) is -11.3. The van der Waals surface area contributed by atoms with Crippen LogP contribution in [0.25, 0.3) is 0 Å². The highest BCUT2D eigenvalue weighted by Gasteiger charge is 2.27. The van der Waals surface area contributed by atoms with Gasteiger partial charge in [-0.05, 0) is 58.8 Å². The molecule has 0 aliphatic heterocycles. The lowest BCUT2D eigenvalue weighted by atomic mass is 9.94. The van der Waals surface area contributed by atoms with Crippen LogP contribution in [0.1, 0.15) is 254 Å². The van der Waals surface area contributed by atoms with E-state index >= 15 is 0 Å². The van der Waals surface area contributed by atoms with Crippen molar-refractivity contribution in [1.82, 2.24) is 26.6 Å². The molecule has 0 saturated heterocycles. The lowest BCUT2D eigenvalue weighted by Gasteiger charge is -2.15. The van der Waals surface area contributed by atoms with Gasteiger partial charge in [-0.15, -0.1) is 0 Å². The minimum Gasteiger partial charge on any atom is -0.481 e. The number of Topliss-reactive ketones (excluding diaryl/α,β-unsaturated/α-hetero) is 3. The Morgan fingerprint density at radius 1 is 0.406 bits per heavy atom. The fourth-order valence-electron chi connectivity index (χ4n) is 8.64. The van der Waals surface area contributed by atoms with Gasteiger partial charge in [0.25, 0.3) is 0 Å². The van der Waals surface area contributed by atoms with Crippen molar-refractivity contribution < 1.29 is 112 Å². The van der Waals surface area contributed by atoms with Crippen molar-refractivity contribution in [1.29, 1.82) is 0 Å². The SMILES string of the molecule is C.C.C.C.C.C.C.C.CC(=O)[C@H](C)N.CC(CSCC(=O)NCCCC[C@@H](NC(=O)COCCOCCNC(=O)COCCOCCNC(=O)CC[C@H](CC(=O)CC[C@@H](NC(=O)CCCCCCCCCCCCCCCCCCC(=O)O)C(=O)O)C(=O)O)C(=O)O)C(=O)C[C@@H](CO)C(=O)O. The van der Waals surface area contributed by atoms with Crippen molar-refractivity contribution >= 4 is 88.5 Å². The highest BCUT2D eigenvalue weighted by Crippen LogP contribution is 2.18. The van der Waals surface area contributed by atoms with Crippen molar-refractivity contribution in [3.8, 4) is 0 Å². The number of aliphatic hydroxyl groups excluding tert-OH is 1. The standard InChI is InChI=1S/C59H101N5O22S.C4H9NO.8CH4/c1-43(49(67)37-45(38-65)57(77)78)41-87-42-54(72)60-27-19-18-20-47(58(79)80)64-53(71)40-86-35-33-84-31-29-62-52(70)39-85-34-32-83-30-28-61-50(68)26-23-44(56(75)76)36-46(66)24-25-48(59(81)82)63-51(69)21-16-14-12-10-8-6-4-2-3-5-7-9-11-13-15-17-22-55(73)74;1-3(5)4(2)6;;;;;;;;/h43-45,47-48,65H,2-42H2,1H3,(H,60,72)(H,61,68)(H,62,70)(H,63,69)(H,64,71)(H,73,74)(H,75,76)(H,77,78)(H,79,80)(H,81,82);3H,5H2,1-2H3;8*1H4/t43?,44-,45+,47-,48-;3-;;;;;;;;/m10......../s1. The van der Waals surface area contributed by atoms with Crippen molar-refractivity contribution in [2.75, 3.05) is 90.6 Å². The van der Waals surface area contributed by atoms with Crippen LogP contribution in [-0.4, -0.2) is 216 Å². The summed E-state index contributed by atoms with van der Waals surface area (Å²) >= 11 is 1.20. The number of thioether (sulfide) groups is 1. The Morgan fingerprint density at radius 2 is 0.812 bits per heavy atom. The van der Waals surface area contributed by atoms with Crippen LogP contribution < -0.4 is 32.3 Å². The second-order valence-corrected chi connectivity index (χ2v) is 23.9. The van der Waals surface area contributed by atoms with Crippen molar-refractivity contribution in [3.63, 3.8) is 0 Å². The molecule has 6 atom stereocenters. The second-order valence-electron chi connectivity index (χ2n) is 22.9. The van der Waals surface area contributed by atoms with Crippen LogP contribution in [0.4, 0.5) is 0 Å². The molecule has 0 heterocycles. The van der Waals surface area contributed by atoms with Gasteiger partial charge in [-0.2, -0.15) is 11.8 Å². The van der Waals surface area contributed by atoms with Gasteiger partial charge < -0.3 is 81.9 Å². The Morgan fingerprint density at radius 3 is 1.25 bits per heavy atom. The van der Waals surface area contributed by atoms with Crippen molar-refractivity contribution in [2.45, 2.75) is 272 Å². The van der Waals surface area contributed by atoms with E-state index in [-0.39, 0.29) is 206 Å². The van der Waals surface area contributed by atoms with Gasteiger partial charge in [0.05, 0.1) is 69.9 Å². The van der Waals surface area contributed by atoms with Gasteiger partial charge in [-0.1, -0.05) is 156 Å². The fraction of sp³-hybridized carbons (Fsp3) is 0.817. The minimum absolute atomic E-state index is 0. The topological polar surface area (TPSA) is 466 Å². The summed E-state index contributed by atoms with van der Waals surface area (Å²) < 4.78 is 21.3. The van der Waals surface area contributed by atoms with Gasteiger partial charge in [-0.25, -0.2) is 9.59 Å². The molecule has 5 amide bonds. The average molecular weight is 1480 g/mol. The van der Waals surface area contributed by atoms with E-state index in [0.717, 1.165) is 44.9 Å². The first kappa shape index (κ1) is 116. The number of nitrogens with two attached hydrogens (primary N) is 1. The molecule has 0 radical (unpaired) electrons. The lowest BCUT2D eigenvalue weighted by Crippen LogP contribution is -2.42. The average Bonchev–Trinajstić information content (AvgIpc) is 0.939. The number of ketones is 3. The molecule has 30 heteroatoms. The van der Waals surface area contributed by atoms with Crippen molar-refractivity contribution in [2.24, 2.45) is 23.5 Å². The maximum Gasteiger partial charge on any atom is 0.326 e. The molecular formula is C71H142N6O23S. The number of carbonyl (C=O) groups is 13. The van der Waals surface area contributed by atoms with Gasteiger partial charge >= 0.3 is 29.8 Å². The van der Waals surface area contributed by atoms with E-state index in [0.29, 0.717) is 25.0 Å². The number of carboxylic acids is 5. The molecule has 0 aromatic rings. The first-order chi connectivity index (χ1) is 44.3. The van der Waals surface area contributed by atoms with Crippen LogP contribution in [-0.2, 0) is 81.3 Å². The highest BCUT2D eigenvalue weighted by atomic mass is 32.2. The molecule has 0 saturated carbocycles. The fourth-order valence-corrected chi connectivity index (χ4v) is 9.58. The minimum atomic E-state index is -1.30. The Balaban J connectivity index is -0.000000705. The van der Waals surface area contributed by atoms with Gasteiger partial charge in [0.2, 0.25) is 29.5 Å². The van der Waals surface area contributed by atoms with Crippen LogP contribution in [0, 0.1) is 17.8 Å². The summed E-state index contributed by atoms with van der Waals surface area (Å²) in [7, 11) is 0. The first-order valence-electron chi connectivity index (χ1n) is 32.6. The summed E-state index contributed by atoms with van der Waals surface area (Å²) in [6, 6.07) is -2.76. The zero-order valence-electron chi connectivity index (χ0n) is 55.1. The molecule has 0 aliphatic rings. The smallest absolute Gasteiger partial charge is 0.326 e. The van der Waals surface area contributed by atoms with E-state index in [1.165, 1.54) is 70.1 Å². The normalized spacial score (nSPS) is 11.9. The van der Waals surface area contributed by atoms with Crippen LogP contribution >= 0.6 is 11.8 Å². The molecule has 0 aromatic heterocycles.